The van der Waals surface area contributed by atoms with E-state index < -0.39 is 0 Å². The standard InChI is InChI=1S/C25H24FN3O2/c26-23-6-2-1-5-22(23)20-9-7-18(8-10-20)14-21-17-29(13-12-28-25(21)31)24(30)15-19-4-3-11-27-16-19/h1-11,16,21H,12-15,17H2,(H,28,31)/t21-/m0/s1. The highest BCUT2D eigenvalue weighted by molar-refractivity contribution is 5.83. The van der Waals surface area contributed by atoms with Crippen LogP contribution in [0.1, 0.15) is 11.1 Å². The van der Waals surface area contributed by atoms with Crippen LogP contribution in [0.2, 0.25) is 0 Å². The van der Waals surface area contributed by atoms with Crippen molar-refractivity contribution in [1.29, 1.82) is 0 Å². The lowest BCUT2D eigenvalue weighted by Gasteiger charge is -2.23. The van der Waals surface area contributed by atoms with Gasteiger partial charge in [0.25, 0.3) is 0 Å². The first-order chi connectivity index (χ1) is 15.1. The molecule has 3 aromatic rings. The summed E-state index contributed by atoms with van der Waals surface area (Å²) in [7, 11) is 0. The van der Waals surface area contributed by atoms with Gasteiger partial charge >= 0.3 is 0 Å². The second-order valence-corrected chi connectivity index (χ2v) is 7.75. The molecule has 1 fully saturated rings. The molecule has 4 rings (SSSR count). The zero-order valence-corrected chi connectivity index (χ0v) is 17.1. The van der Waals surface area contributed by atoms with Crippen LogP contribution in [-0.4, -0.2) is 41.3 Å². The van der Waals surface area contributed by atoms with E-state index in [2.05, 4.69) is 10.3 Å². The third-order valence-corrected chi connectivity index (χ3v) is 5.54. The summed E-state index contributed by atoms with van der Waals surface area (Å²) in [6.07, 6.45) is 4.15. The van der Waals surface area contributed by atoms with Crippen molar-refractivity contribution in [2.24, 2.45) is 5.92 Å². The van der Waals surface area contributed by atoms with Gasteiger partial charge in [-0.2, -0.15) is 0 Å². The summed E-state index contributed by atoms with van der Waals surface area (Å²) in [5, 5.41) is 2.91. The van der Waals surface area contributed by atoms with Gasteiger partial charge in [-0.05, 0) is 35.2 Å². The first kappa shape index (κ1) is 20.7. The lowest BCUT2D eigenvalue weighted by molar-refractivity contribution is -0.131. The summed E-state index contributed by atoms with van der Waals surface area (Å²) < 4.78 is 14.0. The molecule has 0 unspecified atom stereocenters. The molecule has 158 valence electrons. The number of amides is 2. The van der Waals surface area contributed by atoms with Crippen molar-refractivity contribution in [3.05, 3.63) is 90.0 Å². The smallest absolute Gasteiger partial charge is 0.227 e. The quantitative estimate of drug-likeness (QED) is 0.693. The van der Waals surface area contributed by atoms with Gasteiger partial charge in [0.2, 0.25) is 11.8 Å². The Bertz CT molecular complexity index is 1050. The van der Waals surface area contributed by atoms with Crippen molar-refractivity contribution in [3.8, 4) is 11.1 Å². The third kappa shape index (κ3) is 5.15. The highest BCUT2D eigenvalue weighted by atomic mass is 19.1. The van der Waals surface area contributed by atoms with E-state index in [4.69, 9.17) is 0 Å². The molecule has 0 spiro atoms. The van der Waals surface area contributed by atoms with Crippen molar-refractivity contribution < 1.29 is 14.0 Å². The molecule has 1 N–H and O–H groups in total. The van der Waals surface area contributed by atoms with Crippen LogP contribution in [0.5, 0.6) is 0 Å². The van der Waals surface area contributed by atoms with E-state index >= 15 is 0 Å². The Morgan fingerprint density at radius 1 is 1.06 bits per heavy atom. The first-order valence-electron chi connectivity index (χ1n) is 10.4. The Morgan fingerprint density at radius 3 is 2.61 bits per heavy atom. The van der Waals surface area contributed by atoms with Crippen molar-refractivity contribution in [2.45, 2.75) is 12.8 Å². The van der Waals surface area contributed by atoms with Crippen LogP contribution >= 0.6 is 0 Å². The normalized spacial score (nSPS) is 16.5. The minimum atomic E-state index is -0.334. The zero-order valence-electron chi connectivity index (χ0n) is 17.1. The molecule has 2 aromatic carbocycles. The molecule has 1 saturated heterocycles. The van der Waals surface area contributed by atoms with E-state index in [1.165, 1.54) is 6.07 Å². The highest BCUT2D eigenvalue weighted by Crippen LogP contribution is 2.24. The predicted molar refractivity (Wildman–Crippen MR) is 117 cm³/mol. The maximum Gasteiger partial charge on any atom is 0.227 e. The van der Waals surface area contributed by atoms with Crippen LogP contribution in [0.25, 0.3) is 11.1 Å². The molecule has 1 aromatic heterocycles. The van der Waals surface area contributed by atoms with Crippen molar-refractivity contribution in [2.75, 3.05) is 19.6 Å². The molecule has 31 heavy (non-hydrogen) atoms. The molecule has 0 radical (unpaired) electrons. The van der Waals surface area contributed by atoms with Crippen LogP contribution < -0.4 is 5.32 Å². The van der Waals surface area contributed by atoms with E-state index in [1.807, 2.05) is 36.4 Å². The Morgan fingerprint density at radius 2 is 1.87 bits per heavy atom. The van der Waals surface area contributed by atoms with E-state index in [9.17, 15) is 14.0 Å². The van der Waals surface area contributed by atoms with Gasteiger partial charge in [-0.3, -0.25) is 14.6 Å². The number of benzene rings is 2. The van der Waals surface area contributed by atoms with Gasteiger partial charge in [-0.15, -0.1) is 0 Å². The van der Waals surface area contributed by atoms with Gasteiger partial charge in [-0.1, -0.05) is 48.5 Å². The molecule has 1 aliphatic rings. The maximum absolute atomic E-state index is 14.0. The SMILES string of the molecule is O=C1NCCN(C(=O)Cc2cccnc2)C[C@@H]1Cc1ccc(-c2ccccc2F)cc1. The largest absolute Gasteiger partial charge is 0.354 e. The van der Waals surface area contributed by atoms with E-state index in [0.717, 1.165) is 16.7 Å². The minimum Gasteiger partial charge on any atom is -0.354 e. The number of hydrogen-bond donors (Lipinski definition) is 1. The fourth-order valence-corrected chi connectivity index (χ4v) is 3.87. The Balaban J connectivity index is 1.44. The molecule has 5 nitrogen and oxygen atoms in total. The number of carbonyl (C=O) groups is 2. The topological polar surface area (TPSA) is 62.3 Å². The van der Waals surface area contributed by atoms with Crippen LogP contribution in [0, 0.1) is 11.7 Å². The van der Waals surface area contributed by atoms with Crippen LogP contribution in [0.3, 0.4) is 0 Å². The predicted octanol–water partition coefficient (Wildman–Crippen LogP) is 3.25. The van der Waals surface area contributed by atoms with E-state index in [0.29, 0.717) is 31.6 Å². The van der Waals surface area contributed by atoms with E-state index in [-0.39, 0.29) is 30.0 Å². The van der Waals surface area contributed by atoms with Gasteiger partial charge in [0.05, 0.1) is 12.3 Å². The minimum absolute atomic E-state index is 0.00981. The number of rotatable bonds is 5. The monoisotopic (exact) mass is 417 g/mol. The number of aromatic nitrogens is 1. The van der Waals surface area contributed by atoms with Crippen molar-refractivity contribution in [3.63, 3.8) is 0 Å². The highest BCUT2D eigenvalue weighted by Gasteiger charge is 2.27. The molecule has 2 heterocycles. The molecule has 2 amide bonds. The van der Waals surface area contributed by atoms with Crippen molar-refractivity contribution >= 4 is 11.8 Å². The van der Waals surface area contributed by atoms with Crippen molar-refractivity contribution in [1.82, 2.24) is 15.2 Å². The number of halogens is 1. The van der Waals surface area contributed by atoms with Gasteiger partial charge in [0.15, 0.2) is 0 Å². The van der Waals surface area contributed by atoms with Crippen LogP contribution in [0.15, 0.2) is 73.1 Å². The van der Waals surface area contributed by atoms with E-state index in [1.54, 1.807) is 35.5 Å². The maximum atomic E-state index is 14.0. The molecule has 0 saturated carbocycles. The molecule has 0 aliphatic carbocycles. The van der Waals surface area contributed by atoms with Crippen LogP contribution in [0.4, 0.5) is 4.39 Å². The fourth-order valence-electron chi connectivity index (χ4n) is 3.87. The molecular weight excluding hydrogens is 393 g/mol. The lowest BCUT2D eigenvalue weighted by atomic mass is 9.96. The number of nitrogens with zero attached hydrogens (tertiary/aromatic N) is 2. The number of nitrogens with one attached hydrogen (secondary N) is 1. The number of pyridine rings is 1. The number of carbonyl (C=O) groups excluding carboxylic acids is 2. The summed E-state index contributed by atoms with van der Waals surface area (Å²) >= 11 is 0. The van der Waals surface area contributed by atoms with Gasteiger partial charge in [0, 0.05) is 37.6 Å². The molecule has 6 heteroatoms. The first-order valence-corrected chi connectivity index (χ1v) is 10.4. The molecule has 1 aliphatic heterocycles. The van der Waals surface area contributed by atoms with Gasteiger partial charge in [-0.25, -0.2) is 4.39 Å². The Hall–Kier alpha value is -3.54. The second kappa shape index (κ2) is 9.51. The second-order valence-electron chi connectivity index (χ2n) is 7.75. The summed E-state index contributed by atoms with van der Waals surface area (Å²) in [6, 6.07) is 17.9. The van der Waals surface area contributed by atoms with Gasteiger partial charge < -0.3 is 10.2 Å². The van der Waals surface area contributed by atoms with Gasteiger partial charge in [0.1, 0.15) is 5.82 Å². The average molecular weight is 417 g/mol. The fraction of sp³-hybridized carbons (Fsp3) is 0.240. The molecule has 0 bridgehead atoms. The summed E-state index contributed by atoms with van der Waals surface area (Å²) in [4.78, 5) is 31.2. The molecular formula is C25H24FN3O2. The molecule has 1 atom stereocenters. The summed E-state index contributed by atoms with van der Waals surface area (Å²) in [6.45, 7) is 1.31. The third-order valence-electron chi connectivity index (χ3n) is 5.54. The summed E-state index contributed by atoms with van der Waals surface area (Å²) in [5.41, 5.74) is 3.17. The summed E-state index contributed by atoms with van der Waals surface area (Å²) in [5.74, 6) is -0.653. The zero-order chi connectivity index (χ0) is 21.6. The number of hydrogen-bond acceptors (Lipinski definition) is 3. The Kier molecular flexibility index (Phi) is 6.36. The Labute approximate surface area is 180 Å². The lowest BCUT2D eigenvalue weighted by Crippen LogP contribution is -2.38. The van der Waals surface area contributed by atoms with Crippen LogP contribution in [-0.2, 0) is 22.4 Å². The average Bonchev–Trinajstić information content (AvgIpc) is 2.97.